The number of hydrogen-bond donors (Lipinski definition) is 1. The minimum atomic E-state index is 0.703. The van der Waals surface area contributed by atoms with E-state index in [-0.39, 0.29) is 0 Å². The van der Waals surface area contributed by atoms with E-state index in [4.69, 9.17) is 16.3 Å². The lowest BCUT2D eigenvalue weighted by Crippen LogP contribution is -2.22. The summed E-state index contributed by atoms with van der Waals surface area (Å²) in [5.74, 6) is 1.55. The molecule has 0 aliphatic rings. The van der Waals surface area contributed by atoms with Crippen molar-refractivity contribution in [3.8, 4) is 5.75 Å². The number of nitrogens with one attached hydrogen (secondary N) is 1. The molecule has 1 aromatic carbocycles. The van der Waals surface area contributed by atoms with Crippen LogP contribution in [0, 0.1) is 5.92 Å². The summed E-state index contributed by atoms with van der Waals surface area (Å²) in [4.78, 5) is 0. The monoisotopic (exact) mass is 241 g/mol. The van der Waals surface area contributed by atoms with Crippen LogP contribution >= 0.6 is 11.6 Å². The van der Waals surface area contributed by atoms with Gasteiger partial charge in [0.05, 0.1) is 6.61 Å². The molecule has 0 spiro atoms. The second-order valence-corrected chi connectivity index (χ2v) is 4.69. The Balaban J connectivity index is 2.07. The largest absolute Gasteiger partial charge is 0.493 e. The molecule has 0 fully saturated rings. The van der Waals surface area contributed by atoms with Crippen LogP contribution in [0.3, 0.4) is 0 Å². The summed E-state index contributed by atoms with van der Waals surface area (Å²) >= 11 is 5.85. The number of hydrogen-bond acceptors (Lipinski definition) is 2. The highest BCUT2D eigenvalue weighted by Gasteiger charge is 1.95. The van der Waals surface area contributed by atoms with E-state index in [1.54, 1.807) is 0 Å². The highest BCUT2D eigenvalue weighted by atomic mass is 35.5. The molecule has 2 nitrogen and oxygen atoms in total. The Bertz CT molecular complexity index is 302. The lowest BCUT2D eigenvalue weighted by molar-refractivity contribution is 0.307. The van der Waals surface area contributed by atoms with Gasteiger partial charge in [-0.1, -0.05) is 31.5 Å². The molecule has 0 aliphatic heterocycles. The molecule has 1 N–H and O–H groups in total. The Morgan fingerprint density at radius 1 is 1.38 bits per heavy atom. The van der Waals surface area contributed by atoms with E-state index < -0.39 is 0 Å². The normalized spacial score (nSPS) is 10.8. The van der Waals surface area contributed by atoms with Gasteiger partial charge in [-0.2, -0.15) is 0 Å². The molecule has 0 unspecified atom stereocenters. The lowest BCUT2D eigenvalue weighted by Gasteiger charge is -2.08. The predicted molar refractivity (Wildman–Crippen MR) is 69.3 cm³/mol. The van der Waals surface area contributed by atoms with E-state index in [9.17, 15) is 0 Å². The van der Waals surface area contributed by atoms with Crippen LogP contribution in [-0.4, -0.2) is 19.7 Å². The van der Waals surface area contributed by atoms with Crippen LogP contribution in [0.1, 0.15) is 20.3 Å². The van der Waals surface area contributed by atoms with Crippen LogP contribution in [0.25, 0.3) is 0 Å². The van der Waals surface area contributed by atoms with Crippen molar-refractivity contribution in [3.63, 3.8) is 0 Å². The first-order valence-electron chi connectivity index (χ1n) is 5.77. The Hall–Kier alpha value is -0.730. The van der Waals surface area contributed by atoms with Crippen molar-refractivity contribution < 1.29 is 4.74 Å². The van der Waals surface area contributed by atoms with Gasteiger partial charge in [0, 0.05) is 5.02 Å². The molecule has 0 radical (unpaired) electrons. The zero-order valence-electron chi connectivity index (χ0n) is 10.0. The molecule has 16 heavy (non-hydrogen) atoms. The summed E-state index contributed by atoms with van der Waals surface area (Å²) < 4.78 is 5.57. The number of benzene rings is 1. The van der Waals surface area contributed by atoms with Crippen molar-refractivity contribution in [2.45, 2.75) is 20.3 Å². The maximum Gasteiger partial charge on any atom is 0.120 e. The number of halogens is 1. The van der Waals surface area contributed by atoms with Crippen LogP contribution in [-0.2, 0) is 0 Å². The molecule has 0 atom stereocenters. The maximum atomic E-state index is 5.85. The summed E-state index contributed by atoms with van der Waals surface area (Å²) in [5.41, 5.74) is 0. The van der Waals surface area contributed by atoms with Gasteiger partial charge in [0.2, 0.25) is 0 Å². The van der Waals surface area contributed by atoms with E-state index in [2.05, 4.69) is 19.2 Å². The molecule has 0 amide bonds. The molecule has 0 saturated carbocycles. The van der Waals surface area contributed by atoms with Crippen molar-refractivity contribution in [3.05, 3.63) is 29.3 Å². The van der Waals surface area contributed by atoms with E-state index in [1.165, 1.54) is 0 Å². The first-order chi connectivity index (χ1) is 7.68. The van der Waals surface area contributed by atoms with Gasteiger partial charge in [-0.3, -0.25) is 0 Å². The van der Waals surface area contributed by atoms with E-state index >= 15 is 0 Å². The molecule has 90 valence electrons. The molecule has 1 aromatic rings. The van der Waals surface area contributed by atoms with E-state index in [0.717, 1.165) is 36.9 Å². The Kier molecular flexibility index (Phi) is 6.27. The quantitative estimate of drug-likeness (QED) is 0.740. The van der Waals surface area contributed by atoms with Crippen LogP contribution in [0.4, 0.5) is 0 Å². The van der Waals surface area contributed by atoms with E-state index in [0.29, 0.717) is 5.92 Å². The van der Waals surface area contributed by atoms with Crippen LogP contribution < -0.4 is 10.1 Å². The molecular weight excluding hydrogens is 222 g/mol. The van der Waals surface area contributed by atoms with E-state index in [1.807, 2.05) is 24.3 Å². The molecule has 0 saturated heterocycles. The summed E-state index contributed by atoms with van der Waals surface area (Å²) in [6.45, 7) is 7.20. The topological polar surface area (TPSA) is 21.3 Å². The van der Waals surface area contributed by atoms with Gasteiger partial charge < -0.3 is 10.1 Å². The fraction of sp³-hybridized carbons (Fsp3) is 0.538. The van der Waals surface area contributed by atoms with Gasteiger partial charge in [-0.25, -0.2) is 0 Å². The fourth-order valence-electron chi connectivity index (χ4n) is 1.33. The third-order valence-corrected chi connectivity index (χ3v) is 2.35. The van der Waals surface area contributed by atoms with Crippen molar-refractivity contribution in [1.29, 1.82) is 0 Å². The van der Waals surface area contributed by atoms with Gasteiger partial charge in [0.15, 0.2) is 0 Å². The van der Waals surface area contributed by atoms with Gasteiger partial charge in [0.1, 0.15) is 5.75 Å². The minimum absolute atomic E-state index is 0.703. The zero-order chi connectivity index (χ0) is 11.8. The minimum Gasteiger partial charge on any atom is -0.493 e. The summed E-state index contributed by atoms with van der Waals surface area (Å²) in [6.07, 6.45) is 1.01. The average Bonchev–Trinajstić information content (AvgIpc) is 2.23. The second-order valence-electron chi connectivity index (χ2n) is 4.26. The molecule has 1 rings (SSSR count). The molecule has 0 aliphatic carbocycles. The number of rotatable bonds is 7. The molecular formula is C13H20ClNO. The molecule has 3 heteroatoms. The smallest absolute Gasteiger partial charge is 0.120 e. The van der Waals surface area contributed by atoms with Crippen LogP contribution in [0.2, 0.25) is 5.02 Å². The van der Waals surface area contributed by atoms with Gasteiger partial charge in [-0.05, 0) is 43.6 Å². The standard InChI is InChI=1S/C13H20ClNO/c1-11(2)10-15-7-4-8-16-13-6-3-5-12(14)9-13/h3,5-6,9,11,15H,4,7-8,10H2,1-2H3. The maximum absolute atomic E-state index is 5.85. The number of ether oxygens (including phenoxy) is 1. The summed E-state index contributed by atoms with van der Waals surface area (Å²) in [6, 6.07) is 7.50. The molecule has 0 bridgehead atoms. The first kappa shape index (κ1) is 13.3. The van der Waals surface area contributed by atoms with Gasteiger partial charge >= 0.3 is 0 Å². The SMILES string of the molecule is CC(C)CNCCCOc1cccc(Cl)c1. The lowest BCUT2D eigenvalue weighted by atomic mass is 10.2. The highest BCUT2D eigenvalue weighted by Crippen LogP contribution is 2.16. The van der Waals surface area contributed by atoms with Crippen LogP contribution in [0.15, 0.2) is 24.3 Å². The summed E-state index contributed by atoms with van der Waals surface area (Å²) in [7, 11) is 0. The average molecular weight is 242 g/mol. The van der Waals surface area contributed by atoms with Gasteiger partial charge in [0.25, 0.3) is 0 Å². The predicted octanol–water partition coefficient (Wildman–Crippen LogP) is 3.35. The van der Waals surface area contributed by atoms with Crippen molar-refractivity contribution in [1.82, 2.24) is 5.32 Å². The third kappa shape index (κ3) is 5.99. The van der Waals surface area contributed by atoms with Crippen LogP contribution in [0.5, 0.6) is 5.75 Å². The van der Waals surface area contributed by atoms with Crippen molar-refractivity contribution >= 4 is 11.6 Å². The Morgan fingerprint density at radius 3 is 2.88 bits per heavy atom. The fourth-order valence-corrected chi connectivity index (χ4v) is 1.51. The highest BCUT2D eigenvalue weighted by molar-refractivity contribution is 6.30. The molecule has 0 heterocycles. The Morgan fingerprint density at radius 2 is 2.19 bits per heavy atom. The van der Waals surface area contributed by atoms with Crippen molar-refractivity contribution in [2.75, 3.05) is 19.7 Å². The third-order valence-electron chi connectivity index (χ3n) is 2.12. The zero-order valence-corrected chi connectivity index (χ0v) is 10.8. The summed E-state index contributed by atoms with van der Waals surface area (Å²) in [5, 5.41) is 4.09. The second kappa shape index (κ2) is 7.53. The first-order valence-corrected chi connectivity index (χ1v) is 6.15. The van der Waals surface area contributed by atoms with Crippen molar-refractivity contribution in [2.24, 2.45) is 5.92 Å². The molecule has 0 aromatic heterocycles. The Labute approximate surface area is 103 Å². The van der Waals surface area contributed by atoms with Gasteiger partial charge in [-0.15, -0.1) is 0 Å².